The minimum absolute atomic E-state index is 0.0787. The van der Waals surface area contributed by atoms with Crippen molar-refractivity contribution in [3.8, 4) is 5.75 Å². The van der Waals surface area contributed by atoms with Crippen molar-refractivity contribution >= 4 is 125 Å². The van der Waals surface area contributed by atoms with Gasteiger partial charge in [-0.3, -0.25) is 18.2 Å². The molecule has 34 heteroatoms. The summed E-state index contributed by atoms with van der Waals surface area (Å²) in [7, 11) is -25.1. The maximum Gasteiger partial charge on any atom is 0.397 e. The SMILES string of the molecule is Nc1c(/N=N/c2ccc(S(=O)(=O)CCOS(=O)(=O)O)cc2)c(S(=O)(=O)O)cc2cc(S(=O)(=O)O)c(/N=N/c3cc(Nc4nc(F)nc(N(CCSCCO)c5ccccc5)n4)ccc3S(=O)(=O)O)c(O)c12. The van der Waals surface area contributed by atoms with Gasteiger partial charge in [0.15, 0.2) is 15.6 Å². The van der Waals surface area contributed by atoms with Crippen molar-refractivity contribution in [2.75, 3.05) is 53.0 Å². The molecule has 0 saturated carbocycles. The van der Waals surface area contributed by atoms with E-state index in [-0.39, 0.29) is 35.4 Å². The van der Waals surface area contributed by atoms with Crippen molar-refractivity contribution in [2.45, 2.75) is 19.6 Å². The quantitative estimate of drug-likeness (QED) is 0.0198. The van der Waals surface area contributed by atoms with E-state index in [2.05, 4.69) is 44.9 Å². The van der Waals surface area contributed by atoms with Gasteiger partial charge in [-0.1, -0.05) is 18.2 Å². The summed E-state index contributed by atoms with van der Waals surface area (Å²) in [5.41, 5.74) is 2.81. The first-order chi connectivity index (χ1) is 33.2. The molecule has 0 unspecified atom stereocenters. The minimum Gasteiger partial charge on any atom is -0.505 e. The third-order valence-electron chi connectivity index (χ3n) is 9.27. The van der Waals surface area contributed by atoms with Crippen LogP contribution in [-0.2, 0) is 54.8 Å². The summed E-state index contributed by atoms with van der Waals surface area (Å²) in [6.07, 6.45) is -1.25. The average molecular weight is 1100 g/mol. The summed E-state index contributed by atoms with van der Waals surface area (Å²) < 4.78 is 180. The second kappa shape index (κ2) is 21.5. The van der Waals surface area contributed by atoms with E-state index in [1.54, 1.807) is 35.2 Å². The van der Waals surface area contributed by atoms with Gasteiger partial charge in [-0.15, -0.1) is 15.3 Å². The second-order valence-electron chi connectivity index (χ2n) is 14.1. The van der Waals surface area contributed by atoms with Crippen LogP contribution in [-0.4, -0.2) is 122 Å². The highest BCUT2D eigenvalue weighted by Crippen LogP contribution is 2.48. The van der Waals surface area contributed by atoms with Gasteiger partial charge in [0.05, 0.1) is 40.6 Å². The summed E-state index contributed by atoms with van der Waals surface area (Å²) in [5.74, 6) is -1.88. The predicted octanol–water partition coefficient (Wildman–Crippen LogP) is 5.22. The first-order valence-corrected chi connectivity index (χ1v) is 27.8. The minimum atomic E-state index is -5.48. The number of phenolic OH excluding ortho intramolecular Hbond substituents is 1. The molecule has 5 aromatic carbocycles. The van der Waals surface area contributed by atoms with Gasteiger partial charge in [0, 0.05) is 29.4 Å². The Kier molecular flexibility index (Phi) is 16.3. The van der Waals surface area contributed by atoms with Gasteiger partial charge in [0.25, 0.3) is 30.4 Å². The van der Waals surface area contributed by atoms with Crippen LogP contribution in [0.4, 0.5) is 56.1 Å². The number of aromatic hydroxyl groups is 1. The molecule has 0 aliphatic heterocycles. The fourth-order valence-corrected chi connectivity index (χ4v) is 10.3. The van der Waals surface area contributed by atoms with Crippen molar-refractivity contribution in [3.63, 3.8) is 0 Å². The Labute approximate surface area is 406 Å². The smallest absolute Gasteiger partial charge is 0.397 e. The largest absolute Gasteiger partial charge is 0.505 e. The van der Waals surface area contributed by atoms with Crippen LogP contribution in [0.25, 0.3) is 10.8 Å². The van der Waals surface area contributed by atoms with Gasteiger partial charge < -0.3 is 26.2 Å². The molecule has 0 bridgehead atoms. The van der Waals surface area contributed by atoms with Crippen molar-refractivity contribution in [3.05, 3.63) is 91.0 Å². The van der Waals surface area contributed by atoms with Crippen LogP contribution >= 0.6 is 11.8 Å². The van der Waals surface area contributed by atoms with Crippen LogP contribution < -0.4 is 16.0 Å². The molecule has 71 heavy (non-hydrogen) atoms. The number of nitrogen functional groups attached to an aromatic ring is 1. The summed E-state index contributed by atoms with van der Waals surface area (Å²) in [4.78, 5) is 9.54. The Morgan fingerprint density at radius 3 is 1.94 bits per heavy atom. The molecular weight excluding hydrogens is 1070 g/mol. The molecule has 6 aromatic rings. The number of rotatable bonds is 21. The predicted molar refractivity (Wildman–Crippen MR) is 251 cm³/mol. The zero-order chi connectivity index (χ0) is 52.1. The molecule has 0 fully saturated rings. The third-order valence-corrected chi connectivity index (χ3v) is 15.0. The van der Waals surface area contributed by atoms with Crippen LogP contribution in [0.2, 0.25) is 0 Å². The lowest BCUT2D eigenvalue weighted by Gasteiger charge is -2.23. The Balaban J connectivity index is 1.41. The number of phenols is 1. The Bertz CT molecular complexity index is 3660. The van der Waals surface area contributed by atoms with Crippen LogP contribution in [0.1, 0.15) is 0 Å². The molecule has 0 amide bonds. The fraction of sp³-hybridized carbons (Fsp3) is 0.162. The highest BCUT2D eigenvalue weighted by molar-refractivity contribution is 7.99. The van der Waals surface area contributed by atoms with Gasteiger partial charge in [-0.25, -0.2) is 12.6 Å². The van der Waals surface area contributed by atoms with Crippen molar-refractivity contribution in [1.82, 2.24) is 15.0 Å². The summed E-state index contributed by atoms with van der Waals surface area (Å²) in [5, 5.41) is 37.1. The molecule has 1 aromatic heterocycles. The van der Waals surface area contributed by atoms with Crippen molar-refractivity contribution < 1.29 is 79.1 Å². The number of hydrogen-bond acceptors (Lipinski definition) is 24. The summed E-state index contributed by atoms with van der Waals surface area (Å²) in [6.45, 7) is -0.769. The Morgan fingerprint density at radius 1 is 0.718 bits per heavy atom. The van der Waals surface area contributed by atoms with E-state index in [1.165, 1.54) is 11.8 Å². The van der Waals surface area contributed by atoms with Gasteiger partial charge >= 0.3 is 16.5 Å². The maximum absolute atomic E-state index is 15.0. The number of anilines is 5. The number of aliphatic hydroxyl groups is 1. The van der Waals surface area contributed by atoms with Crippen LogP contribution in [0.3, 0.4) is 0 Å². The maximum atomic E-state index is 15.0. The Hall–Kier alpha value is -6.44. The number of halogens is 1. The number of benzene rings is 5. The third kappa shape index (κ3) is 13.7. The molecule has 0 aliphatic carbocycles. The first-order valence-electron chi connectivity index (χ1n) is 19.3. The van der Waals surface area contributed by atoms with Crippen molar-refractivity contribution in [1.29, 1.82) is 0 Å². The van der Waals surface area contributed by atoms with E-state index in [4.69, 9.17) is 10.3 Å². The highest BCUT2D eigenvalue weighted by atomic mass is 32.3. The number of para-hydroxylation sites is 1. The standard InChI is InChI=1S/C37H35FN10O17S6/c38-35-41-36(43-37(42-35)48(12-15-66-16-13-49)24-4-2-1-3-5-24)40-23-8-11-27(68(53,54)55)26(20-23)45-47-33-29(70(59,60)61)19-21-18-28(69(56,57)58)32(31(39)30(21)34(33)50)46-44-22-6-9-25(10-7-22)67(51,52)17-14-65-71(62,63)64/h1-11,18-20,49-50H,12-17,39H2,(H,53,54,55)(H,56,57,58)(H,59,60,61)(H,62,63,64)(H,40,41,42,43)/b46-44+,47-45+. The topological polar surface area (TPSA) is 431 Å². The van der Waals surface area contributed by atoms with Gasteiger partial charge in [0.1, 0.15) is 31.7 Å². The average Bonchev–Trinajstić information content (AvgIpc) is 3.27. The molecular formula is C37H35FN10O17S6. The molecule has 0 atom stereocenters. The Morgan fingerprint density at radius 2 is 1.34 bits per heavy atom. The van der Waals surface area contributed by atoms with E-state index in [9.17, 15) is 70.4 Å². The molecule has 0 radical (unpaired) electrons. The van der Waals surface area contributed by atoms with E-state index in [1.807, 2.05) is 0 Å². The van der Waals surface area contributed by atoms with Crippen LogP contribution in [0.5, 0.6) is 5.75 Å². The molecule has 0 aliphatic rings. The number of azo groups is 2. The molecule has 6 rings (SSSR count). The first kappa shape index (κ1) is 53.9. The number of hydrogen-bond donors (Lipinski definition) is 8. The number of sulfone groups is 1. The second-order valence-corrected chi connectivity index (χ2v) is 22.6. The lowest BCUT2D eigenvalue weighted by Crippen LogP contribution is -2.24. The number of nitrogens with two attached hydrogens (primary N) is 1. The number of aromatic nitrogens is 3. The molecule has 378 valence electrons. The number of nitrogens with one attached hydrogen (secondary N) is 1. The normalized spacial score (nSPS) is 12.8. The molecule has 27 nitrogen and oxygen atoms in total. The number of aliphatic hydroxyl groups excluding tert-OH is 1. The number of nitrogens with zero attached hydrogens (tertiary/aromatic N) is 8. The highest BCUT2D eigenvalue weighted by Gasteiger charge is 2.29. The van der Waals surface area contributed by atoms with Gasteiger partial charge in [0.2, 0.25) is 11.9 Å². The number of thioether (sulfide) groups is 1. The van der Waals surface area contributed by atoms with E-state index in [0.717, 1.165) is 42.5 Å². The lowest BCUT2D eigenvalue weighted by atomic mass is 10.1. The summed E-state index contributed by atoms with van der Waals surface area (Å²) in [6, 6.07) is 16.5. The fourth-order valence-electron chi connectivity index (χ4n) is 6.21. The molecule has 0 spiro atoms. The van der Waals surface area contributed by atoms with Crippen LogP contribution in [0.15, 0.2) is 125 Å². The zero-order valence-electron chi connectivity index (χ0n) is 35.5. The molecule has 9 N–H and O–H groups in total. The van der Waals surface area contributed by atoms with Crippen LogP contribution in [0, 0.1) is 6.08 Å². The van der Waals surface area contributed by atoms with Gasteiger partial charge in [-0.2, -0.15) is 69.9 Å². The molecule has 0 saturated heterocycles. The lowest BCUT2D eigenvalue weighted by molar-refractivity contribution is 0.284. The number of fused-ring (bicyclic) bond motifs is 1. The summed E-state index contributed by atoms with van der Waals surface area (Å²) >= 11 is 1.40. The van der Waals surface area contributed by atoms with E-state index in [0.29, 0.717) is 29.3 Å². The van der Waals surface area contributed by atoms with E-state index >= 15 is 0 Å². The van der Waals surface area contributed by atoms with Gasteiger partial charge in [-0.05, 0) is 72.1 Å². The monoisotopic (exact) mass is 1100 g/mol. The molecule has 1 heterocycles. The van der Waals surface area contributed by atoms with Crippen molar-refractivity contribution in [2.24, 2.45) is 20.5 Å². The zero-order valence-corrected chi connectivity index (χ0v) is 40.4. The van der Waals surface area contributed by atoms with E-state index < -0.39 is 129 Å².